The molecular formula is C12H16N4S. The zero-order valence-electron chi connectivity index (χ0n) is 9.89. The molecule has 5 heteroatoms. The number of nitrogens with two attached hydrogens (primary N) is 1. The minimum Gasteiger partial charge on any atom is -0.369 e. The van der Waals surface area contributed by atoms with Gasteiger partial charge in [-0.15, -0.1) is 0 Å². The van der Waals surface area contributed by atoms with Crippen molar-refractivity contribution in [1.82, 2.24) is 14.5 Å². The second-order valence-corrected chi connectivity index (χ2v) is 5.92. The van der Waals surface area contributed by atoms with Crippen LogP contribution in [0, 0.1) is 6.92 Å². The van der Waals surface area contributed by atoms with E-state index in [9.17, 15) is 0 Å². The fraction of sp³-hybridized carbons (Fsp3) is 0.500. The molecule has 1 unspecified atom stereocenters. The Kier molecular flexibility index (Phi) is 2.70. The van der Waals surface area contributed by atoms with Gasteiger partial charge in [-0.1, -0.05) is 0 Å². The lowest BCUT2D eigenvalue weighted by atomic mass is 10.2. The van der Waals surface area contributed by atoms with Crippen LogP contribution in [0.25, 0.3) is 11.2 Å². The van der Waals surface area contributed by atoms with Crippen LogP contribution < -0.4 is 5.73 Å². The molecule has 0 spiro atoms. The Labute approximate surface area is 105 Å². The van der Waals surface area contributed by atoms with Gasteiger partial charge in [-0.2, -0.15) is 11.8 Å². The molecule has 90 valence electrons. The molecule has 2 aromatic heterocycles. The summed E-state index contributed by atoms with van der Waals surface area (Å²) in [6.07, 6.45) is 2.59. The van der Waals surface area contributed by atoms with Gasteiger partial charge in [-0.3, -0.25) is 4.57 Å². The van der Waals surface area contributed by atoms with E-state index in [1.807, 2.05) is 30.8 Å². The quantitative estimate of drug-likeness (QED) is 0.885. The number of rotatable bonds is 2. The highest BCUT2D eigenvalue weighted by atomic mass is 32.2. The Bertz CT molecular complexity index is 543. The molecule has 2 N–H and O–H groups in total. The lowest BCUT2D eigenvalue weighted by molar-refractivity contribution is 0.654. The number of nitrogens with zero attached hydrogens (tertiary/aromatic N) is 3. The maximum atomic E-state index is 5.98. The predicted molar refractivity (Wildman–Crippen MR) is 72.2 cm³/mol. The van der Waals surface area contributed by atoms with Gasteiger partial charge in [0.05, 0.1) is 0 Å². The second-order valence-electron chi connectivity index (χ2n) is 4.51. The van der Waals surface area contributed by atoms with E-state index < -0.39 is 0 Å². The molecule has 1 atom stereocenters. The number of pyridine rings is 1. The summed E-state index contributed by atoms with van der Waals surface area (Å²) in [5.41, 5.74) is 8.82. The molecule has 0 amide bonds. The topological polar surface area (TPSA) is 56.7 Å². The van der Waals surface area contributed by atoms with E-state index in [0.29, 0.717) is 11.2 Å². The molecule has 0 saturated carbocycles. The Hall–Kier alpha value is -1.23. The van der Waals surface area contributed by atoms with Crippen molar-refractivity contribution >= 4 is 28.9 Å². The van der Waals surface area contributed by atoms with E-state index in [2.05, 4.69) is 14.5 Å². The van der Waals surface area contributed by atoms with Crippen LogP contribution in [-0.4, -0.2) is 25.5 Å². The monoisotopic (exact) mass is 248 g/mol. The third-order valence-electron chi connectivity index (χ3n) is 3.17. The average Bonchev–Trinajstić information content (AvgIpc) is 2.90. The van der Waals surface area contributed by atoms with Crippen molar-refractivity contribution in [3.8, 4) is 0 Å². The Morgan fingerprint density at radius 2 is 2.35 bits per heavy atom. The Morgan fingerprint density at radius 1 is 1.47 bits per heavy atom. The predicted octanol–water partition coefficient (Wildman–Crippen LogP) is 2.22. The first-order chi connectivity index (χ1) is 8.24. The molecule has 3 rings (SSSR count). The highest BCUT2D eigenvalue weighted by molar-refractivity contribution is 8.00. The average molecular weight is 248 g/mol. The van der Waals surface area contributed by atoms with E-state index in [-0.39, 0.29) is 0 Å². The smallest absolute Gasteiger partial charge is 0.202 e. The Morgan fingerprint density at radius 3 is 3.12 bits per heavy atom. The summed E-state index contributed by atoms with van der Waals surface area (Å²) in [5, 5.41) is 0.664. The van der Waals surface area contributed by atoms with Gasteiger partial charge >= 0.3 is 0 Å². The number of hydrogen-bond acceptors (Lipinski definition) is 4. The first-order valence-electron chi connectivity index (χ1n) is 5.95. The van der Waals surface area contributed by atoms with Gasteiger partial charge in [0, 0.05) is 17.5 Å². The summed E-state index contributed by atoms with van der Waals surface area (Å²) in [5.74, 6) is 1.86. The SMILES string of the molecule is Cc1ccc2nc(N)n(CC3CCCS3)c2n1. The van der Waals surface area contributed by atoms with E-state index in [1.165, 1.54) is 18.6 Å². The second kappa shape index (κ2) is 4.22. The molecule has 0 aromatic carbocycles. The fourth-order valence-electron chi connectivity index (χ4n) is 2.29. The first-order valence-corrected chi connectivity index (χ1v) is 7.00. The summed E-state index contributed by atoms with van der Waals surface area (Å²) >= 11 is 2.03. The van der Waals surface area contributed by atoms with Crippen LogP contribution in [0.4, 0.5) is 5.95 Å². The molecule has 0 radical (unpaired) electrons. The fourth-order valence-corrected chi connectivity index (χ4v) is 3.54. The normalized spacial score (nSPS) is 20.2. The zero-order valence-corrected chi connectivity index (χ0v) is 10.7. The highest BCUT2D eigenvalue weighted by Gasteiger charge is 2.19. The van der Waals surface area contributed by atoms with Crippen molar-refractivity contribution in [2.75, 3.05) is 11.5 Å². The van der Waals surface area contributed by atoms with Crippen molar-refractivity contribution in [3.63, 3.8) is 0 Å². The number of anilines is 1. The van der Waals surface area contributed by atoms with E-state index in [0.717, 1.165) is 23.4 Å². The van der Waals surface area contributed by atoms with Gasteiger partial charge in [-0.05, 0) is 37.7 Å². The van der Waals surface area contributed by atoms with Gasteiger partial charge in [-0.25, -0.2) is 9.97 Å². The minimum atomic E-state index is 0.589. The van der Waals surface area contributed by atoms with Gasteiger partial charge < -0.3 is 5.73 Å². The number of aryl methyl sites for hydroxylation is 1. The molecule has 17 heavy (non-hydrogen) atoms. The number of nitrogen functional groups attached to an aromatic ring is 1. The minimum absolute atomic E-state index is 0.589. The maximum absolute atomic E-state index is 5.98. The molecule has 1 aliphatic heterocycles. The number of aromatic nitrogens is 3. The number of fused-ring (bicyclic) bond motifs is 1. The van der Waals surface area contributed by atoms with Gasteiger partial charge in [0.25, 0.3) is 0 Å². The molecule has 1 fully saturated rings. The van der Waals surface area contributed by atoms with Crippen molar-refractivity contribution in [2.24, 2.45) is 0 Å². The molecule has 3 heterocycles. The molecule has 4 nitrogen and oxygen atoms in total. The summed E-state index contributed by atoms with van der Waals surface area (Å²) in [6, 6.07) is 3.97. The van der Waals surface area contributed by atoms with Crippen molar-refractivity contribution in [2.45, 2.75) is 31.6 Å². The summed E-state index contributed by atoms with van der Waals surface area (Å²) < 4.78 is 2.06. The molecule has 1 saturated heterocycles. The van der Waals surface area contributed by atoms with Crippen LogP contribution in [0.3, 0.4) is 0 Å². The third kappa shape index (κ3) is 1.99. The van der Waals surface area contributed by atoms with Crippen molar-refractivity contribution in [3.05, 3.63) is 17.8 Å². The molecule has 1 aliphatic rings. The Balaban J connectivity index is 2.01. The molecular weight excluding hydrogens is 232 g/mol. The summed E-state index contributed by atoms with van der Waals surface area (Å²) in [7, 11) is 0. The van der Waals surface area contributed by atoms with E-state index in [4.69, 9.17) is 5.73 Å². The highest BCUT2D eigenvalue weighted by Crippen LogP contribution is 2.29. The van der Waals surface area contributed by atoms with Crippen molar-refractivity contribution < 1.29 is 0 Å². The van der Waals surface area contributed by atoms with Crippen LogP contribution in [0.2, 0.25) is 0 Å². The number of imidazole rings is 1. The molecule has 0 bridgehead atoms. The largest absolute Gasteiger partial charge is 0.369 e. The van der Waals surface area contributed by atoms with Crippen LogP contribution in [0.1, 0.15) is 18.5 Å². The molecule has 0 aliphatic carbocycles. The lowest BCUT2D eigenvalue weighted by Gasteiger charge is -2.11. The first kappa shape index (κ1) is 10.9. The standard InChI is InChI=1S/C12H16N4S/c1-8-4-5-10-11(14-8)16(12(13)15-10)7-9-3-2-6-17-9/h4-5,9H,2-3,6-7H2,1H3,(H2,13,15). The van der Waals surface area contributed by atoms with Gasteiger partial charge in [0.1, 0.15) is 5.52 Å². The van der Waals surface area contributed by atoms with Crippen LogP contribution in [0.15, 0.2) is 12.1 Å². The third-order valence-corrected chi connectivity index (χ3v) is 4.55. The zero-order chi connectivity index (χ0) is 11.8. The lowest BCUT2D eigenvalue weighted by Crippen LogP contribution is -2.12. The van der Waals surface area contributed by atoms with Crippen LogP contribution in [-0.2, 0) is 6.54 Å². The van der Waals surface area contributed by atoms with Gasteiger partial charge in [0.2, 0.25) is 5.95 Å². The maximum Gasteiger partial charge on any atom is 0.202 e. The van der Waals surface area contributed by atoms with E-state index in [1.54, 1.807) is 0 Å². The summed E-state index contributed by atoms with van der Waals surface area (Å²) in [4.78, 5) is 8.91. The summed E-state index contributed by atoms with van der Waals surface area (Å²) in [6.45, 7) is 2.93. The number of thioether (sulfide) groups is 1. The van der Waals surface area contributed by atoms with Crippen LogP contribution in [0.5, 0.6) is 0 Å². The van der Waals surface area contributed by atoms with Gasteiger partial charge in [0.15, 0.2) is 5.65 Å². The number of hydrogen-bond donors (Lipinski definition) is 1. The molecule has 2 aromatic rings. The van der Waals surface area contributed by atoms with Crippen molar-refractivity contribution in [1.29, 1.82) is 0 Å². The van der Waals surface area contributed by atoms with E-state index >= 15 is 0 Å². The van der Waals surface area contributed by atoms with Crippen LogP contribution >= 0.6 is 11.8 Å².